The Labute approximate surface area is 236 Å². The van der Waals surface area contributed by atoms with Gasteiger partial charge >= 0.3 is 0 Å². The molecule has 2 fully saturated rings. The van der Waals surface area contributed by atoms with Crippen LogP contribution in [0, 0.1) is 5.41 Å². The van der Waals surface area contributed by atoms with E-state index >= 15 is 0 Å². The number of nitrogens with one attached hydrogen (secondary N) is 3. The maximum Gasteiger partial charge on any atom is 0.251 e. The van der Waals surface area contributed by atoms with Crippen LogP contribution in [0.4, 0.5) is 0 Å². The van der Waals surface area contributed by atoms with Gasteiger partial charge in [0.05, 0.1) is 19.6 Å². The fraction of sp³-hybridized carbons (Fsp3) is 0.333. The van der Waals surface area contributed by atoms with Gasteiger partial charge < -0.3 is 25.6 Å². The summed E-state index contributed by atoms with van der Waals surface area (Å²) in [6.07, 6.45) is 1.51. The number of fused-ring (bicyclic) bond motifs is 1. The molecular formula is C30H31N5O4S. The van der Waals surface area contributed by atoms with Crippen LogP contribution in [0.2, 0.25) is 0 Å². The van der Waals surface area contributed by atoms with Gasteiger partial charge in [-0.15, -0.1) is 11.3 Å². The molecule has 3 aliphatic rings. The minimum absolute atomic E-state index is 0.0295. The zero-order valence-corrected chi connectivity index (χ0v) is 23.0. The number of amidine groups is 1. The van der Waals surface area contributed by atoms with Gasteiger partial charge in [0.25, 0.3) is 5.91 Å². The zero-order valence-electron chi connectivity index (χ0n) is 22.2. The van der Waals surface area contributed by atoms with Crippen molar-refractivity contribution in [2.45, 2.75) is 38.4 Å². The van der Waals surface area contributed by atoms with Gasteiger partial charge in [-0.25, -0.2) is 0 Å². The van der Waals surface area contributed by atoms with Gasteiger partial charge in [-0.3, -0.25) is 19.4 Å². The zero-order chi connectivity index (χ0) is 27.7. The molecule has 0 unspecified atom stereocenters. The number of hydrogen-bond acceptors (Lipinski definition) is 7. The van der Waals surface area contributed by atoms with Crippen LogP contribution < -0.4 is 20.7 Å². The van der Waals surface area contributed by atoms with E-state index in [1.165, 1.54) is 0 Å². The molecule has 6 rings (SSSR count). The van der Waals surface area contributed by atoms with Gasteiger partial charge in [0.2, 0.25) is 11.8 Å². The van der Waals surface area contributed by atoms with E-state index in [9.17, 15) is 14.4 Å². The van der Waals surface area contributed by atoms with Crippen molar-refractivity contribution in [2.75, 3.05) is 19.6 Å². The number of amides is 3. The molecule has 9 nitrogen and oxygen atoms in total. The molecule has 1 aliphatic carbocycles. The summed E-state index contributed by atoms with van der Waals surface area (Å²) in [5, 5.41) is 11.0. The van der Waals surface area contributed by atoms with E-state index in [-0.39, 0.29) is 35.7 Å². The summed E-state index contributed by atoms with van der Waals surface area (Å²) in [7, 11) is 0. The van der Waals surface area contributed by atoms with Crippen molar-refractivity contribution < 1.29 is 19.1 Å². The molecule has 1 aromatic heterocycles. The molecule has 1 saturated heterocycles. The summed E-state index contributed by atoms with van der Waals surface area (Å²) in [4.78, 5) is 46.3. The van der Waals surface area contributed by atoms with Gasteiger partial charge in [-0.05, 0) is 60.7 Å². The summed E-state index contributed by atoms with van der Waals surface area (Å²) in [6, 6.07) is 17.7. The second-order valence-electron chi connectivity index (χ2n) is 10.7. The number of carbonyl (C=O) groups excluding carboxylic acids is 3. The Hall–Kier alpha value is -4.18. The van der Waals surface area contributed by atoms with Crippen LogP contribution in [-0.4, -0.2) is 60.2 Å². The first-order valence-electron chi connectivity index (χ1n) is 13.5. The number of ether oxygens (including phenoxy) is 1. The van der Waals surface area contributed by atoms with Gasteiger partial charge in [0.1, 0.15) is 23.4 Å². The molecule has 2 aliphatic heterocycles. The minimum Gasteiger partial charge on any atom is -0.457 e. The van der Waals surface area contributed by atoms with Crippen molar-refractivity contribution in [3.8, 4) is 11.5 Å². The van der Waals surface area contributed by atoms with E-state index in [0.717, 1.165) is 35.8 Å². The number of nitrogens with zero attached hydrogens (tertiary/aromatic N) is 2. The number of para-hydroxylation sites is 1. The van der Waals surface area contributed by atoms with Gasteiger partial charge in [0, 0.05) is 34.0 Å². The van der Waals surface area contributed by atoms with Crippen molar-refractivity contribution in [2.24, 2.45) is 10.4 Å². The Morgan fingerprint density at radius 3 is 2.60 bits per heavy atom. The maximum absolute atomic E-state index is 13.3. The Morgan fingerprint density at radius 2 is 1.85 bits per heavy atom. The normalized spacial score (nSPS) is 22.6. The smallest absolute Gasteiger partial charge is 0.251 e. The number of likely N-dealkylation sites (tertiary alicyclic amines) is 1. The largest absolute Gasteiger partial charge is 0.457 e. The molecule has 3 atom stereocenters. The van der Waals surface area contributed by atoms with E-state index in [1.807, 2.05) is 41.8 Å². The van der Waals surface area contributed by atoms with Crippen molar-refractivity contribution in [1.82, 2.24) is 20.9 Å². The van der Waals surface area contributed by atoms with Crippen molar-refractivity contribution in [1.29, 1.82) is 0 Å². The first kappa shape index (κ1) is 26.1. The lowest BCUT2D eigenvalue weighted by molar-refractivity contribution is -0.139. The van der Waals surface area contributed by atoms with Crippen LogP contribution >= 0.6 is 11.3 Å². The maximum atomic E-state index is 13.3. The third-order valence-electron chi connectivity index (χ3n) is 7.76. The van der Waals surface area contributed by atoms with E-state index in [2.05, 4.69) is 27.9 Å². The molecule has 10 heteroatoms. The SMILES string of the molecule is C[C@@]12C[C@@H]1N(C(=O)CNC(=O)c1ccc(Oc3ccccc3)cc1)[C@H](C(=O)NCc1cc(C3=NCCN3)cs1)C2. The number of aliphatic imine (C=N–C) groups is 1. The summed E-state index contributed by atoms with van der Waals surface area (Å²) in [6.45, 7) is 3.97. The quantitative estimate of drug-likeness (QED) is 0.374. The fourth-order valence-electron chi connectivity index (χ4n) is 5.49. The molecule has 3 N–H and O–H groups in total. The predicted molar refractivity (Wildman–Crippen MR) is 153 cm³/mol. The molecule has 0 radical (unpaired) electrons. The second kappa shape index (κ2) is 10.8. The average Bonchev–Trinajstić information content (AvgIpc) is 3.43. The number of piperidine rings is 1. The Balaban J connectivity index is 1.03. The van der Waals surface area contributed by atoms with Crippen LogP contribution in [0.5, 0.6) is 11.5 Å². The number of carbonyl (C=O) groups is 3. The highest BCUT2D eigenvalue weighted by Gasteiger charge is 2.64. The van der Waals surface area contributed by atoms with E-state index < -0.39 is 6.04 Å². The first-order chi connectivity index (χ1) is 19.4. The molecule has 3 heterocycles. The molecule has 3 aromatic rings. The molecule has 0 spiro atoms. The van der Waals surface area contributed by atoms with Crippen molar-refractivity contribution in [3.05, 3.63) is 82.0 Å². The van der Waals surface area contributed by atoms with Crippen LogP contribution in [0.3, 0.4) is 0 Å². The van der Waals surface area contributed by atoms with Gasteiger partial charge in [-0.2, -0.15) is 0 Å². The lowest BCUT2D eigenvalue weighted by atomic mass is 10.0. The summed E-state index contributed by atoms with van der Waals surface area (Å²) in [5.74, 6) is 1.46. The van der Waals surface area contributed by atoms with Crippen molar-refractivity contribution in [3.63, 3.8) is 0 Å². The molecule has 206 valence electrons. The lowest BCUT2D eigenvalue weighted by Gasteiger charge is -2.27. The molecule has 1 saturated carbocycles. The minimum atomic E-state index is -0.539. The highest BCUT2D eigenvalue weighted by atomic mass is 32.1. The lowest BCUT2D eigenvalue weighted by Crippen LogP contribution is -2.50. The Kier molecular flexibility index (Phi) is 7.02. The Morgan fingerprint density at radius 1 is 1.07 bits per heavy atom. The highest BCUT2D eigenvalue weighted by molar-refractivity contribution is 7.10. The molecular weight excluding hydrogens is 526 g/mol. The van der Waals surface area contributed by atoms with E-state index in [1.54, 1.807) is 40.5 Å². The number of rotatable bonds is 9. The average molecular weight is 558 g/mol. The van der Waals surface area contributed by atoms with Crippen LogP contribution in [0.25, 0.3) is 0 Å². The fourth-order valence-corrected chi connectivity index (χ4v) is 6.30. The van der Waals surface area contributed by atoms with Crippen LogP contribution in [0.15, 0.2) is 71.0 Å². The standard InChI is InChI=1S/C30H31N5O4S/c1-30-14-24(29(38)33-16-23-13-20(18-40-23)27-31-11-12-32-27)35(25(30)15-30)26(36)17-34-28(37)19-7-9-22(10-8-19)39-21-5-3-2-4-6-21/h2-10,13,18,24-25H,11-12,14-17H2,1H3,(H,31,32)(H,33,38)(H,34,37)/t24-,25-,30+/m0/s1. The predicted octanol–water partition coefficient (Wildman–Crippen LogP) is 3.32. The number of benzene rings is 2. The monoisotopic (exact) mass is 557 g/mol. The van der Waals surface area contributed by atoms with Gasteiger partial charge in [-0.1, -0.05) is 25.1 Å². The second-order valence-corrected chi connectivity index (χ2v) is 11.7. The van der Waals surface area contributed by atoms with Crippen LogP contribution in [-0.2, 0) is 16.1 Å². The van der Waals surface area contributed by atoms with Gasteiger partial charge in [0.15, 0.2) is 0 Å². The number of hydrogen-bond donors (Lipinski definition) is 3. The topological polar surface area (TPSA) is 112 Å². The highest BCUT2D eigenvalue weighted by Crippen LogP contribution is 2.59. The summed E-state index contributed by atoms with van der Waals surface area (Å²) >= 11 is 1.58. The van der Waals surface area contributed by atoms with E-state index in [4.69, 9.17) is 4.74 Å². The summed E-state index contributed by atoms with van der Waals surface area (Å²) in [5.41, 5.74) is 1.42. The number of thiophene rings is 1. The third kappa shape index (κ3) is 5.44. The van der Waals surface area contributed by atoms with Crippen LogP contribution in [0.1, 0.15) is 40.6 Å². The van der Waals surface area contributed by atoms with Crippen molar-refractivity contribution >= 4 is 34.9 Å². The first-order valence-corrected chi connectivity index (χ1v) is 14.3. The Bertz CT molecular complexity index is 1450. The molecule has 3 amide bonds. The molecule has 2 aromatic carbocycles. The summed E-state index contributed by atoms with van der Waals surface area (Å²) < 4.78 is 5.77. The third-order valence-corrected chi connectivity index (χ3v) is 8.70. The molecule has 0 bridgehead atoms. The molecule has 40 heavy (non-hydrogen) atoms. The van der Waals surface area contributed by atoms with E-state index in [0.29, 0.717) is 30.0 Å².